The van der Waals surface area contributed by atoms with E-state index in [4.69, 9.17) is 0 Å². The molecule has 0 rings (SSSR count). The third kappa shape index (κ3) is 7.63. The van der Waals surface area contributed by atoms with E-state index in [1.165, 1.54) is 6.08 Å². The minimum absolute atomic E-state index is 0.0575. The molecule has 19 heavy (non-hydrogen) atoms. The van der Waals surface area contributed by atoms with Gasteiger partial charge in [0.2, 0.25) is 6.10 Å². The minimum atomic E-state index is -1.31. The number of hydrogen-bond donors (Lipinski definition) is 1. The van der Waals surface area contributed by atoms with Crippen molar-refractivity contribution in [3.8, 4) is 0 Å². The maximum absolute atomic E-state index is 11.3. The summed E-state index contributed by atoms with van der Waals surface area (Å²) in [4.78, 5) is 33.5. The first-order chi connectivity index (χ1) is 9.04. The standard InChI is InChI=1S/C11H17NO7/c1-4-6-18-11(15)19-8(9(13)16-3)7-12-10(14)17-5-2/h4,8H,1,5-7H2,2-3H3,(H,12,14)/t8-/m1/s1. The average Bonchev–Trinajstić information content (AvgIpc) is 2.40. The monoisotopic (exact) mass is 275 g/mol. The summed E-state index contributed by atoms with van der Waals surface area (Å²) in [6, 6.07) is 0. The summed E-state index contributed by atoms with van der Waals surface area (Å²) >= 11 is 0. The van der Waals surface area contributed by atoms with Crippen LogP contribution in [0.15, 0.2) is 12.7 Å². The quantitative estimate of drug-likeness (QED) is 0.413. The van der Waals surface area contributed by atoms with Crippen LogP contribution in [0.2, 0.25) is 0 Å². The van der Waals surface area contributed by atoms with Crippen LogP contribution in [0.5, 0.6) is 0 Å². The first kappa shape index (κ1) is 16.8. The highest BCUT2D eigenvalue weighted by Gasteiger charge is 2.25. The topological polar surface area (TPSA) is 100 Å². The van der Waals surface area contributed by atoms with Gasteiger partial charge in [-0.05, 0) is 6.92 Å². The second-order valence-electron chi connectivity index (χ2n) is 3.08. The maximum Gasteiger partial charge on any atom is 0.509 e. The predicted octanol–water partition coefficient (Wildman–Crippen LogP) is 0.613. The van der Waals surface area contributed by atoms with Crippen molar-refractivity contribution < 1.29 is 33.3 Å². The molecule has 1 amide bonds. The largest absolute Gasteiger partial charge is 0.509 e. The number of esters is 1. The molecule has 0 aromatic heterocycles. The summed E-state index contributed by atoms with van der Waals surface area (Å²) in [7, 11) is 1.12. The maximum atomic E-state index is 11.3. The molecule has 0 heterocycles. The van der Waals surface area contributed by atoms with Crippen molar-refractivity contribution in [2.45, 2.75) is 13.0 Å². The number of carbonyl (C=O) groups excluding carboxylic acids is 3. The Balaban J connectivity index is 4.30. The summed E-state index contributed by atoms with van der Waals surface area (Å²) in [5, 5.41) is 2.25. The van der Waals surface area contributed by atoms with E-state index >= 15 is 0 Å². The lowest BCUT2D eigenvalue weighted by atomic mass is 10.3. The smallest absolute Gasteiger partial charge is 0.466 e. The Labute approximate surface area is 110 Å². The second kappa shape index (κ2) is 9.75. The second-order valence-corrected chi connectivity index (χ2v) is 3.08. The van der Waals surface area contributed by atoms with Crippen LogP contribution in [0.1, 0.15) is 6.92 Å². The van der Waals surface area contributed by atoms with Crippen molar-refractivity contribution in [2.24, 2.45) is 0 Å². The van der Waals surface area contributed by atoms with Crippen molar-refractivity contribution in [1.29, 1.82) is 0 Å². The van der Waals surface area contributed by atoms with E-state index in [0.29, 0.717) is 0 Å². The number of hydrogen-bond acceptors (Lipinski definition) is 7. The van der Waals surface area contributed by atoms with E-state index in [2.05, 4.69) is 30.8 Å². The molecular weight excluding hydrogens is 258 g/mol. The highest BCUT2D eigenvalue weighted by atomic mass is 16.7. The van der Waals surface area contributed by atoms with Gasteiger partial charge in [-0.1, -0.05) is 12.7 Å². The zero-order valence-corrected chi connectivity index (χ0v) is 10.8. The Morgan fingerprint density at radius 1 is 1.32 bits per heavy atom. The lowest BCUT2D eigenvalue weighted by molar-refractivity contribution is -0.151. The summed E-state index contributed by atoms with van der Waals surface area (Å²) < 4.78 is 18.2. The molecule has 8 heteroatoms. The third-order valence-electron chi connectivity index (χ3n) is 1.73. The van der Waals surface area contributed by atoms with Crippen molar-refractivity contribution in [3.63, 3.8) is 0 Å². The van der Waals surface area contributed by atoms with E-state index in [0.717, 1.165) is 7.11 Å². The number of nitrogens with one attached hydrogen (secondary N) is 1. The van der Waals surface area contributed by atoms with Gasteiger partial charge in [-0.15, -0.1) is 0 Å². The Hall–Kier alpha value is -2.25. The molecule has 0 radical (unpaired) electrons. The lowest BCUT2D eigenvalue weighted by Crippen LogP contribution is -2.40. The Kier molecular flexibility index (Phi) is 8.59. The predicted molar refractivity (Wildman–Crippen MR) is 63.5 cm³/mol. The molecule has 0 unspecified atom stereocenters. The molecule has 108 valence electrons. The molecule has 0 saturated heterocycles. The van der Waals surface area contributed by atoms with Gasteiger partial charge in [-0.3, -0.25) is 0 Å². The van der Waals surface area contributed by atoms with Crippen LogP contribution in [0.25, 0.3) is 0 Å². The molecule has 0 aromatic rings. The highest BCUT2D eigenvalue weighted by molar-refractivity contribution is 5.78. The lowest BCUT2D eigenvalue weighted by Gasteiger charge is -2.15. The van der Waals surface area contributed by atoms with Crippen LogP contribution < -0.4 is 5.32 Å². The molecule has 0 bridgehead atoms. The molecule has 0 aromatic carbocycles. The highest BCUT2D eigenvalue weighted by Crippen LogP contribution is 1.98. The van der Waals surface area contributed by atoms with Crippen LogP contribution in [0, 0.1) is 0 Å². The van der Waals surface area contributed by atoms with Gasteiger partial charge in [0, 0.05) is 0 Å². The number of amides is 1. The number of carbonyl (C=O) groups is 3. The molecular formula is C11H17NO7. The third-order valence-corrected chi connectivity index (χ3v) is 1.73. The van der Waals surface area contributed by atoms with E-state index in [1.54, 1.807) is 6.92 Å². The Bertz CT molecular complexity index is 329. The normalized spacial score (nSPS) is 10.8. The molecule has 1 atom stereocenters. The van der Waals surface area contributed by atoms with Gasteiger partial charge in [-0.25, -0.2) is 14.4 Å². The molecule has 0 aliphatic heterocycles. The van der Waals surface area contributed by atoms with Crippen LogP contribution in [-0.4, -0.2) is 51.2 Å². The molecule has 0 saturated carbocycles. The zero-order chi connectivity index (χ0) is 14.7. The molecule has 0 fully saturated rings. The first-order valence-corrected chi connectivity index (χ1v) is 5.47. The fourth-order valence-corrected chi connectivity index (χ4v) is 0.940. The van der Waals surface area contributed by atoms with Crippen LogP contribution in [0.3, 0.4) is 0 Å². The van der Waals surface area contributed by atoms with Gasteiger partial charge >= 0.3 is 18.2 Å². The summed E-state index contributed by atoms with van der Waals surface area (Å²) in [6.45, 7) is 4.81. The Morgan fingerprint density at radius 3 is 2.53 bits per heavy atom. The van der Waals surface area contributed by atoms with Gasteiger partial charge in [0.05, 0.1) is 20.3 Å². The van der Waals surface area contributed by atoms with Crippen LogP contribution >= 0.6 is 0 Å². The van der Waals surface area contributed by atoms with Crippen molar-refractivity contribution in [2.75, 3.05) is 26.9 Å². The van der Waals surface area contributed by atoms with Gasteiger partial charge in [-0.2, -0.15) is 0 Å². The van der Waals surface area contributed by atoms with Crippen molar-refractivity contribution in [3.05, 3.63) is 12.7 Å². The van der Waals surface area contributed by atoms with Crippen LogP contribution in [-0.2, 0) is 23.7 Å². The summed E-state index contributed by atoms with van der Waals surface area (Å²) in [5.74, 6) is -0.827. The van der Waals surface area contributed by atoms with Gasteiger partial charge in [0.1, 0.15) is 6.61 Å². The molecule has 0 aliphatic carbocycles. The molecule has 0 spiro atoms. The van der Waals surface area contributed by atoms with E-state index in [1.807, 2.05) is 0 Å². The SMILES string of the molecule is C=CCOC(=O)O[C@H](CNC(=O)OCC)C(=O)OC. The van der Waals surface area contributed by atoms with Crippen LogP contribution in [0.4, 0.5) is 9.59 Å². The van der Waals surface area contributed by atoms with E-state index in [9.17, 15) is 14.4 Å². The van der Waals surface area contributed by atoms with E-state index < -0.39 is 24.3 Å². The summed E-state index contributed by atoms with van der Waals surface area (Å²) in [5.41, 5.74) is 0. The number of rotatable bonds is 7. The fourth-order valence-electron chi connectivity index (χ4n) is 0.940. The van der Waals surface area contributed by atoms with Gasteiger partial charge in [0.25, 0.3) is 0 Å². The number of ether oxygens (including phenoxy) is 4. The molecule has 8 nitrogen and oxygen atoms in total. The first-order valence-electron chi connectivity index (χ1n) is 5.47. The summed E-state index contributed by atoms with van der Waals surface area (Å²) in [6.07, 6.45) is -1.78. The average molecular weight is 275 g/mol. The number of alkyl carbamates (subject to hydrolysis) is 1. The number of methoxy groups -OCH3 is 1. The Morgan fingerprint density at radius 2 is 2.00 bits per heavy atom. The van der Waals surface area contributed by atoms with E-state index in [-0.39, 0.29) is 19.8 Å². The molecule has 1 N–H and O–H groups in total. The van der Waals surface area contributed by atoms with Gasteiger partial charge < -0.3 is 24.3 Å². The minimum Gasteiger partial charge on any atom is -0.466 e. The fraction of sp³-hybridized carbons (Fsp3) is 0.545. The zero-order valence-electron chi connectivity index (χ0n) is 10.8. The van der Waals surface area contributed by atoms with Crippen molar-refractivity contribution in [1.82, 2.24) is 5.32 Å². The van der Waals surface area contributed by atoms with Crippen molar-refractivity contribution >= 4 is 18.2 Å². The van der Waals surface area contributed by atoms with Gasteiger partial charge in [0.15, 0.2) is 0 Å². The molecule has 0 aliphatic rings.